The molecule has 0 spiro atoms. The molecule has 0 bridgehead atoms. The van der Waals surface area contributed by atoms with Crippen LogP contribution in [-0.4, -0.2) is 53.1 Å². The van der Waals surface area contributed by atoms with Crippen LogP contribution in [0.4, 0.5) is 16.4 Å². The fourth-order valence-corrected chi connectivity index (χ4v) is 3.05. The third-order valence-corrected chi connectivity index (χ3v) is 4.17. The number of amides is 2. The first-order valence-corrected chi connectivity index (χ1v) is 6.76. The quantitative estimate of drug-likeness (QED) is 0.511. The summed E-state index contributed by atoms with van der Waals surface area (Å²) in [5, 5.41) is 2.85. The molecule has 1 aromatic rings. The predicted octanol–water partition coefficient (Wildman–Crippen LogP) is -0.261. The van der Waals surface area contributed by atoms with Crippen LogP contribution >= 0.6 is 15.9 Å². The average Bonchev–Trinajstić information content (AvgIpc) is 2.80. The number of hydrogen-bond donors (Lipinski definition) is 3. The summed E-state index contributed by atoms with van der Waals surface area (Å²) >= 11 is 3.46. The molecule has 9 heteroatoms. The maximum Gasteiger partial charge on any atom is 0.317 e. The van der Waals surface area contributed by atoms with Gasteiger partial charge in [0.25, 0.3) is 0 Å². The molecule has 0 aliphatic carbocycles. The number of carbonyl (C=O) groups excluding carboxylic acids is 1. The van der Waals surface area contributed by atoms with Crippen LogP contribution in [0.2, 0.25) is 0 Å². The Morgan fingerprint density at radius 1 is 1.47 bits per heavy atom. The van der Waals surface area contributed by atoms with Gasteiger partial charge in [0.05, 0.1) is 6.04 Å². The summed E-state index contributed by atoms with van der Waals surface area (Å²) in [6, 6.07) is 0.216. The number of anilines is 2. The predicted molar refractivity (Wildman–Crippen MR) is 73.6 cm³/mol. The Bertz CT molecular complexity index is 511. The van der Waals surface area contributed by atoms with Crippen LogP contribution in [0.5, 0.6) is 0 Å². The van der Waals surface area contributed by atoms with Crippen LogP contribution in [0.15, 0.2) is 10.8 Å². The van der Waals surface area contributed by atoms with Gasteiger partial charge in [-0.1, -0.05) is 0 Å². The van der Waals surface area contributed by atoms with Crippen LogP contribution in [0.3, 0.4) is 0 Å². The third-order valence-electron chi connectivity index (χ3n) is 3.44. The molecule has 2 amide bonds. The largest absolute Gasteiger partial charge is 0.352 e. The number of nitrogen functional groups attached to an aromatic ring is 1. The molecule has 2 fully saturated rings. The van der Waals surface area contributed by atoms with Gasteiger partial charge in [-0.3, -0.25) is 0 Å². The van der Waals surface area contributed by atoms with E-state index < -0.39 is 0 Å². The first kappa shape index (κ1) is 12.4. The summed E-state index contributed by atoms with van der Waals surface area (Å²) in [6.45, 7) is 2.86. The number of carbonyl (C=O) groups is 1. The second-order valence-electron chi connectivity index (χ2n) is 4.48. The fraction of sp³-hybridized carbons (Fsp3) is 0.500. The molecule has 0 saturated carbocycles. The number of nitrogens with zero attached hydrogens (tertiary/aromatic N) is 4. The smallest absolute Gasteiger partial charge is 0.317 e. The van der Waals surface area contributed by atoms with Gasteiger partial charge in [0, 0.05) is 26.2 Å². The van der Waals surface area contributed by atoms with Gasteiger partial charge in [-0.15, -0.1) is 0 Å². The second-order valence-corrected chi connectivity index (χ2v) is 5.28. The molecule has 1 unspecified atom stereocenters. The number of halogens is 1. The molecule has 19 heavy (non-hydrogen) atoms. The van der Waals surface area contributed by atoms with Crippen molar-refractivity contribution in [3.63, 3.8) is 0 Å². The SMILES string of the molecule is NNc1ncnc(N2CCN3C(=O)NCC3C2)c1Br. The van der Waals surface area contributed by atoms with Gasteiger partial charge in [0.15, 0.2) is 5.82 Å². The first-order valence-electron chi connectivity index (χ1n) is 5.97. The van der Waals surface area contributed by atoms with Crippen molar-refractivity contribution >= 4 is 33.6 Å². The van der Waals surface area contributed by atoms with Crippen molar-refractivity contribution in [2.75, 3.05) is 36.5 Å². The lowest BCUT2D eigenvalue weighted by atomic mass is 10.2. The number of aromatic nitrogens is 2. The highest BCUT2D eigenvalue weighted by Crippen LogP contribution is 2.30. The molecule has 2 aliphatic rings. The highest BCUT2D eigenvalue weighted by Gasteiger charge is 2.36. The Kier molecular flexibility index (Phi) is 3.15. The van der Waals surface area contributed by atoms with Gasteiger partial charge >= 0.3 is 6.03 Å². The third kappa shape index (κ3) is 2.08. The second kappa shape index (κ2) is 4.82. The molecule has 3 heterocycles. The Balaban J connectivity index is 1.83. The van der Waals surface area contributed by atoms with Gasteiger partial charge in [0.1, 0.15) is 16.6 Å². The molecule has 1 aromatic heterocycles. The average molecular weight is 328 g/mol. The minimum Gasteiger partial charge on any atom is -0.352 e. The van der Waals surface area contributed by atoms with Gasteiger partial charge in [-0.25, -0.2) is 20.6 Å². The maximum atomic E-state index is 11.6. The van der Waals surface area contributed by atoms with Crippen LogP contribution < -0.4 is 21.5 Å². The summed E-state index contributed by atoms with van der Waals surface area (Å²) in [7, 11) is 0. The van der Waals surface area contributed by atoms with Crippen molar-refractivity contribution in [1.82, 2.24) is 20.2 Å². The van der Waals surface area contributed by atoms with E-state index in [1.54, 1.807) is 0 Å². The minimum atomic E-state index is 0.0238. The van der Waals surface area contributed by atoms with Crippen molar-refractivity contribution in [1.29, 1.82) is 0 Å². The van der Waals surface area contributed by atoms with E-state index in [-0.39, 0.29) is 12.1 Å². The van der Waals surface area contributed by atoms with Crippen molar-refractivity contribution in [2.45, 2.75) is 6.04 Å². The first-order chi connectivity index (χ1) is 9.20. The van der Waals surface area contributed by atoms with Gasteiger partial charge in [-0.2, -0.15) is 0 Å². The normalized spacial score (nSPS) is 22.2. The molecule has 1 atom stereocenters. The van der Waals surface area contributed by atoms with E-state index in [1.807, 2.05) is 4.90 Å². The van der Waals surface area contributed by atoms with Gasteiger partial charge < -0.3 is 20.5 Å². The standard InChI is InChI=1S/C10H14BrN7O/c11-7-8(16-12)14-5-15-9(7)17-1-2-18-6(4-17)3-13-10(18)19/h5-6H,1-4,12H2,(H,13,19)(H,14,15,16). The van der Waals surface area contributed by atoms with Gasteiger partial charge in [-0.05, 0) is 15.9 Å². The van der Waals surface area contributed by atoms with Gasteiger partial charge in [0.2, 0.25) is 0 Å². The van der Waals surface area contributed by atoms with Crippen LogP contribution in [-0.2, 0) is 0 Å². The number of rotatable bonds is 2. The lowest BCUT2D eigenvalue weighted by Gasteiger charge is -2.37. The number of urea groups is 1. The number of nitrogens with one attached hydrogen (secondary N) is 2. The molecule has 0 radical (unpaired) electrons. The summed E-state index contributed by atoms with van der Waals surface area (Å²) in [6.07, 6.45) is 1.47. The summed E-state index contributed by atoms with van der Waals surface area (Å²) in [4.78, 5) is 23.9. The van der Waals surface area contributed by atoms with Crippen molar-refractivity contribution < 1.29 is 4.79 Å². The number of hydrazine groups is 1. The maximum absolute atomic E-state index is 11.6. The summed E-state index contributed by atoms with van der Waals surface area (Å²) in [5.74, 6) is 6.74. The molecule has 102 valence electrons. The van der Waals surface area contributed by atoms with Crippen LogP contribution in [0.1, 0.15) is 0 Å². The van der Waals surface area contributed by atoms with E-state index in [9.17, 15) is 4.79 Å². The Morgan fingerprint density at radius 2 is 2.32 bits per heavy atom. The molecule has 2 saturated heterocycles. The molecule has 2 aliphatic heterocycles. The van der Waals surface area contributed by atoms with Crippen molar-refractivity contribution in [2.24, 2.45) is 5.84 Å². The molecule has 8 nitrogen and oxygen atoms in total. The monoisotopic (exact) mass is 327 g/mol. The number of piperazine rings is 1. The minimum absolute atomic E-state index is 0.0238. The highest BCUT2D eigenvalue weighted by molar-refractivity contribution is 9.10. The number of hydrogen-bond acceptors (Lipinski definition) is 6. The summed E-state index contributed by atoms with van der Waals surface area (Å²) < 4.78 is 0.739. The van der Waals surface area contributed by atoms with E-state index in [1.165, 1.54) is 6.33 Å². The van der Waals surface area contributed by atoms with E-state index in [2.05, 4.69) is 41.5 Å². The van der Waals surface area contributed by atoms with E-state index >= 15 is 0 Å². The zero-order valence-electron chi connectivity index (χ0n) is 10.1. The van der Waals surface area contributed by atoms with E-state index in [0.29, 0.717) is 18.9 Å². The molecule has 4 N–H and O–H groups in total. The Morgan fingerprint density at radius 3 is 3.11 bits per heavy atom. The highest BCUT2D eigenvalue weighted by atomic mass is 79.9. The molecular formula is C10H14BrN7O. The zero-order chi connectivity index (χ0) is 13.4. The van der Waals surface area contributed by atoms with E-state index in [4.69, 9.17) is 5.84 Å². The fourth-order valence-electron chi connectivity index (χ4n) is 2.48. The Labute approximate surface area is 118 Å². The topological polar surface area (TPSA) is 99.4 Å². The van der Waals surface area contributed by atoms with E-state index in [0.717, 1.165) is 23.4 Å². The Hall–Kier alpha value is -1.61. The van der Waals surface area contributed by atoms with Crippen LogP contribution in [0, 0.1) is 0 Å². The molecule has 3 rings (SSSR count). The number of nitrogens with two attached hydrogens (primary N) is 1. The molecule has 0 aromatic carbocycles. The van der Waals surface area contributed by atoms with Crippen LogP contribution in [0.25, 0.3) is 0 Å². The number of fused-ring (bicyclic) bond motifs is 1. The lowest BCUT2D eigenvalue weighted by Crippen LogP contribution is -2.52. The lowest BCUT2D eigenvalue weighted by molar-refractivity contribution is 0.197. The molecular weight excluding hydrogens is 314 g/mol. The van der Waals surface area contributed by atoms with Crippen molar-refractivity contribution in [3.05, 3.63) is 10.8 Å². The zero-order valence-corrected chi connectivity index (χ0v) is 11.7. The summed E-state index contributed by atoms with van der Waals surface area (Å²) in [5.41, 5.74) is 2.53. The van der Waals surface area contributed by atoms with Crippen molar-refractivity contribution in [3.8, 4) is 0 Å².